The smallest absolute Gasteiger partial charge is 0.135 e. The summed E-state index contributed by atoms with van der Waals surface area (Å²) in [6.07, 6.45) is 7.45. The summed E-state index contributed by atoms with van der Waals surface area (Å²) in [5.74, 6) is 2.11. The van der Waals surface area contributed by atoms with Gasteiger partial charge in [0.2, 0.25) is 0 Å². The average molecular weight is 232 g/mol. The van der Waals surface area contributed by atoms with Crippen molar-refractivity contribution in [3.8, 4) is 10.6 Å². The summed E-state index contributed by atoms with van der Waals surface area (Å²) < 4.78 is 0. The van der Waals surface area contributed by atoms with Gasteiger partial charge in [-0.2, -0.15) is 0 Å². The van der Waals surface area contributed by atoms with Gasteiger partial charge in [0.25, 0.3) is 0 Å². The molecule has 5 heteroatoms. The highest BCUT2D eigenvalue weighted by molar-refractivity contribution is 7.13. The standard InChI is InChI=1S/C11H12N4S/c12-9-6-16-11(15-9)8-4-13-10(14-5-8)7-2-1-3-7/h4-7H,1-3,12H2. The molecule has 2 aromatic heterocycles. The fourth-order valence-corrected chi connectivity index (χ4v) is 2.43. The molecule has 1 aliphatic carbocycles. The Balaban J connectivity index is 1.86. The molecule has 2 heterocycles. The minimum absolute atomic E-state index is 0.558. The lowest BCUT2D eigenvalue weighted by Crippen LogP contribution is -2.12. The number of rotatable bonds is 2. The van der Waals surface area contributed by atoms with E-state index in [2.05, 4.69) is 15.0 Å². The Morgan fingerprint density at radius 1 is 1.25 bits per heavy atom. The summed E-state index contributed by atoms with van der Waals surface area (Å²) in [5.41, 5.74) is 6.53. The molecule has 4 nitrogen and oxygen atoms in total. The Morgan fingerprint density at radius 2 is 2.00 bits per heavy atom. The number of nitrogen functional groups attached to an aromatic ring is 1. The first-order valence-electron chi connectivity index (χ1n) is 5.36. The monoisotopic (exact) mass is 232 g/mol. The van der Waals surface area contributed by atoms with E-state index >= 15 is 0 Å². The summed E-state index contributed by atoms with van der Waals surface area (Å²) in [7, 11) is 0. The molecule has 0 spiro atoms. The maximum absolute atomic E-state index is 5.58. The van der Waals surface area contributed by atoms with Crippen LogP contribution in [0.1, 0.15) is 31.0 Å². The highest BCUT2D eigenvalue weighted by Gasteiger charge is 2.21. The zero-order chi connectivity index (χ0) is 11.0. The maximum atomic E-state index is 5.58. The molecule has 1 aliphatic rings. The second-order valence-electron chi connectivity index (χ2n) is 4.04. The van der Waals surface area contributed by atoms with Crippen LogP contribution in [0.3, 0.4) is 0 Å². The first-order valence-corrected chi connectivity index (χ1v) is 6.24. The van der Waals surface area contributed by atoms with Gasteiger partial charge in [-0.1, -0.05) is 6.42 Å². The van der Waals surface area contributed by atoms with Crippen LogP contribution in [-0.4, -0.2) is 15.0 Å². The van der Waals surface area contributed by atoms with Crippen molar-refractivity contribution in [1.82, 2.24) is 15.0 Å². The molecule has 0 aliphatic heterocycles. The summed E-state index contributed by atoms with van der Waals surface area (Å²) in [6.45, 7) is 0. The Labute approximate surface area is 97.6 Å². The van der Waals surface area contributed by atoms with Gasteiger partial charge in [0, 0.05) is 29.3 Å². The molecule has 0 unspecified atom stereocenters. The molecule has 2 aromatic rings. The van der Waals surface area contributed by atoms with Gasteiger partial charge < -0.3 is 5.73 Å². The number of aromatic nitrogens is 3. The normalized spacial score (nSPS) is 16.0. The Morgan fingerprint density at radius 3 is 2.50 bits per heavy atom. The minimum Gasteiger partial charge on any atom is -0.383 e. The predicted octanol–water partition coefficient (Wildman–Crippen LogP) is 2.45. The molecular weight excluding hydrogens is 220 g/mol. The van der Waals surface area contributed by atoms with E-state index in [4.69, 9.17) is 5.73 Å². The molecule has 0 aromatic carbocycles. The van der Waals surface area contributed by atoms with Crippen LogP contribution in [0.4, 0.5) is 5.82 Å². The number of thiazole rings is 1. The molecule has 0 amide bonds. The van der Waals surface area contributed by atoms with Crippen LogP contribution in [0.25, 0.3) is 10.6 Å². The van der Waals surface area contributed by atoms with E-state index in [1.165, 1.54) is 30.6 Å². The molecule has 82 valence electrons. The lowest BCUT2D eigenvalue weighted by Gasteiger charge is -2.23. The third kappa shape index (κ3) is 1.67. The first kappa shape index (κ1) is 9.72. The second-order valence-corrected chi connectivity index (χ2v) is 4.89. The number of anilines is 1. The van der Waals surface area contributed by atoms with Crippen molar-refractivity contribution in [2.45, 2.75) is 25.2 Å². The Bertz CT molecular complexity index is 487. The first-order chi connectivity index (χ1) is 7.83. The van der Waals surface area contributed by atoms with Crippen LogP contribution >= 0.6 is 11.3 Å². The van der Waals surface area contributed by atoms with Gasteiger partial charge in [-0.15, -0.1) is 11.3 Å². The minimum atomic E-state index is 0.558. The van der Waals surface area contributed by atoms with Crippen LogP contribution in [-0.2, 0) is 0 Å². The highest BCUT2D eigenvalue weighted by Crippen LogP contribution is 2.34. The van der Waals surface area contributed by atoms with Gasteiger partial charge in [-0.05, 0) is 12.8 Å². The van der Waals surface area contributed by atoms with E-state index in [0.29, 0.717) is 11.7 Å². The van der Waals surface area contributed by atoms with E-state index in [-0.39, 0.29) is 0 Å². The van der Waals surface area contributed by atoms with Gasteiger partial charge in [-0.25, -0.2) is 15.0 Å². The molecule has 0 radical (unpaired) electrons. The summed E-state index contributed by atoms with van der Waals surface area (Å²) in [4.78, 5) is 13.0. The van der Waals surface area contributed by atoms with Crippen molar-refractivity contribution in [3.63, 3.8) is 0 Å². The molecule has 0 saturated heterocycles. The highest BCUT2D eigenvalue weighted by atomic mass is 32.1. The zero-order valence-electron chi connectivity index (χ0n) is 8.76. The number of nitrogens with two attached hydrogens (primary N) is 1. The van der Waals surface area contributed by atoms with Crippen molar-refractivity contribution in [2.75, 3.05) is 5.73 Å². The van der Waals surface area contributed by atoms with Crippen LogP contribution in [0.5, 0.6) is 0 Å². The van der Waals surface area contributed by atoms with Crippen LogP contribution in [0, 0.1) is 0 Å². The van der Waals surface area contributed by atoms with E-state index in [1.54, 1.807) is 0 Å². The number of hydrogen-bond donors (Lipinski definition) is 1. The van der Waals surface area contributed by atoms with Gasteiger partial charge in [0.05, 0.1) is 0 Å². The molecule has 2 N–H and O–H groups in total. The van der Waals surface area contributed by atoms with Crippen molar-refractivity contribution in [3.05, 3.63) is 23.6 Å². The van der Waals surface area contributed by atoms with E-state index in [1.807, 2.05) is 17.8 Å². The summed E-state index contributed by atoms with van der Waals surface area (Å²) in [5, 5.41) is 2.72. The second kappa shape index (κ2) is 3.83. The van der Waals surface area contributed by atoms with E-state index < -0.39 is 0 Å². The van der Waals surface area contributed by atoms with Crippen molar-refractivity contribution in [1.29, 1.82) is 0 Å². The number of hydrogen-bond acceptors (Lipinski definition) is 5. The van der Waals surface area contributed by atoms with Crippen LogP contribution in [0.15, 0.2) is 17.8 Å². The van der Waals surface area contributed by atoms with Gasteiger partial charge in [0.15, 0.2) is 0 Å². The topological polar surface area (TPSA) is 64.7 Å². The Kier molecular flexibility index (Phi) is 2.32. The van der Waals surface area contributed by atoms with Crippen molar-refractivity contribution >= 4 is 17.2 Å². The molecule has 1 fully saturated rings. The van der Waals surface area contributed by atoms with Gasteiger partial charge >= 0.3 is 0 Å². The SMILES string of the molecule is Nc1csc(-c2cnc(C3CCC3)nc2)n1. The fraction of sp³-hybridized carbons (Fsp3) is 0.364. The number of nitrogens with zero attached hydrogens (tertiary/aromatic N) is 3. The maximum Gasteiger partial charge on any atom is 0.135 e. The van der Waals surface area contributed by atoms with Crippen molar-refractivity contribution in [2.24, 2.45) is 0 Å². The lowest BCUT2D eigenvalue weighted by atomic mass is 9.85. The molecule has 3 rings (SSSR count). The third-order valence-electron chi connectivity index (χ3n) is 2.91. The van der Waals surface area contributed by atoms with Gasteiger partial charge in [-0.3, -0.25) is 0 Å². The van der Waals surface area contributed by atoms with Crippen molar-refractivity contribution < 1.29 is 0 Å². The largest absolute Gasteiger partial charge is 0.383 e. The predicted molar refractivity (Wildman–Crippen MR) is 64.1 cm³/mol. The summed E-state index contributed by atoms with van der Waals surface area (Å²) >= 11 is 1.52. The quantitative estimate of drug-likeness (QED) is 0.863. The van der Waals surface area contributed by atoms with Crippen LogP contribution < -0.4 is 5.73 Å². The lowest BCUT2D eigenvalue weighted by molar-refractivity contribution is 0.401. The third-order valence-corrected chi connectivity index (χ3v) is 3.82. The van der Waals surface area contributed by atoms with E-state index in [0.717, 1.165) is 16.4 Å². The van der Waals surface area contributed by atoms with Crippen LogP contribution in [0.2, 0.25) is 0 Å². The summed E-state index contributed by atoms with van der Waals surface area (Å²) in [6, 6.07) is 0. The van der Waals surface area contributed by atoms with E-state index in [9.17, 15) is 0 Å². The van der Waals surface area contributed by atoms with Gasteiger partial charge in [0.1, 0.15) is 16.6 Å². The average Bonchev–Trinajstić information content (AvgIpc) is 2.63. The molecular formula is C11H12N4S. The molecule has 0 atom stereocenters. The zero-order valence-corrected chi connectivity index (χ0v) is 9.57. The molecule has 0 bridgehead atoms. The fourth-order valence-electron chi connectivity index (χ4n) is 1.74. The molecule has 1 saturated carbocycles. The molecule has 16 heavy (non-hydrogen) atoms. The Hall–Kier alpha value is -1.49.